The minimum absolute atomic E-state index is 0.255. The number of benzene rings is 1. The Morgan fingerprint density at radius 3 is 2.75 bits per heavy atom. The van der Waals surface area contributed by atoms with Crippen LogP contribution in [0.2, 0.25) is 0 Å². The molecule has 1 N–H and O–H groups in total. The monoisotopic (exact) mass is 272 g/mol. The molecule has 20 heavy (non-hydrogen) atoms. The summed E-state index contributed by atoms with van der Waals surface area (Å²) in [5, 5.41) is 4.53. The summed E-state index contributed by atoms with van der Waals surface area (Å²) in [4.78, 5) is 4.61. The Morgan fingerprint density at radius 1 is 1.20 bits per heavy atom. The number of fused-ring (bicyclic) bond motifs is 1. The molecule has 0 bridgehead atoms. The molecule has 0 saturated carbocycles. The van der Waals surface area contributed by atoms with Gasteiger partial charge in [0.2, 0.25) is 0 Å². The lowest BCUT2D eigenvalue weighted by Gasteiger charge is -2.27. The molecule has 3 nitrogen and oxygen atoms in total. The summed E-state index contributed by atoms with van der Waals surface area (Å²) in [5.74, 6) is 0.856. The molecule has 0 unspecified atom stereocenters. The highest BCUT2D eigenvalue weighted by atomic mass is 16.5. The second-order valence-corrected chi connectivity index (χ2v) is 5.82. The van der Waals surface area contributed by atoms with Crippen molar-refractivity contribution >= 4 is 10.9 Å². The van der Waals surface area contributed by atoms with Gasteiger partial charge in [0.1, 0.15) is 16.9 Å². The van der Waals surface area contributed by atoms with Gasteiger partial charge in [-0.15, -0.1) is 0 Å². The molecule has 2 aromatic rings. The number of nitrogens with one attached hydrogen (secondary N) is 1. The molecule has 2 rings (SSSR count). The van der Waals surface area contributed by atoms with E-state index in [9.17, 15) is 0 Å². The summed E-state index contributed by atoms with van der Waals surface area (Å²) in [6, 6.07) is 10.2. The zero-order chi connectivity index (χ0) is 14.6. The Hall–Kier alpha value is -1.61. The van der Waals surface area contributed by atoms with Crippen molar-refractivity contribution in [2.24, 2.45) is 0 Å². The lowest BCUT2D eigenvalue weighted by Crippen LogP contribution is -2.40. The maximum absolute atomic E-state index is 6.19. The molecular formula is C17H24N2O. The van der Waals surface area contributed by atoms with E-state index in [0.717, 1.165) is 41.9 Å². The average Bonchev–Trinajstić information content (AvgIpc) is 2.39. The standard InChI is InChI=1S/C17H24N2O/c1-5-11-18-12-17(3,4)20-15-8-6-7-14-10-9-13(2)19-16(14)15/h6-10,18H,5,11-12H2,1-4H3. The van der Waals surface area contributed by atoms with Gasteiger partial charge in [0, 0.05) is 17.6 Å². The van der Waals surface area contributed by atoms with Crippen LogP contribution in [0, 0.1) is 6.92 Å². The van der Waals surface area contributed by atoms with Gasteiger partial charge < -0.3 is 10.1 Å². The third-order valence-electron chi connectivity index (χ3n) is 3.19. The van der Waals surface area contributed by atoms with Crippen molar-refractivity contribution in [3.05, 3.63) is 36.0 Å². The van der Waals surface area contributed by atoms with Crippen LogP contribution in [0.4, 0.5) is 0 Å². The number of para-hydroxylation sites is 1. The van der Waals surface area contributed by atoms with E-state index in [-0.39, 0.29) is 5.60 Å². The van der Waals surface area contributed by atoms with Crippen molar-refractivity contribution < 1.29 is 4.74 Å². The molecule has 3 heteroatoms. The van der Waals surface area contributed by atoms with E-state index in [1.807, 2.05) is 25.1 Å². The number of pyridine rings is 1. The number of nitrogens with zero attached hydrogens (tertiary/aromatic N) is 1. The topological polar surface area (TPSA) is 34.1 Å². The molecular weight excluding hydrogens is 248 g/mol. The lowest BCUT2D eigenvalue weighted by molar-refractivity contribution is 0.110. The second kappa shape index (κ2) is 6.23. The lowest BCUT2D eigenvalue weighted by atomic mass is 10.1. The number of aryl methyl sites for hydroxylation is 1. The highest BCUT2D eigenvalue weighted by Gasteiger charge is 2.20. The van der Waals surface area contributed by atoms with Crippen LogP contribution in [0.1, 0.15) is 32.9 Å². The summed E-state index contributed by atoms with van der Waals surface area (Å²) in [7, 11) is 0. The van der Waals surface area contributed by atoms with Gasteiger partial charge in [-0.2, -0.15) is 0 Å². The smallest absolute Gasteiger partial charge is 0.146 e. The van der Waals surface area contributed by atoms with Crippen LogP contribution in [-0.2, 0) is 0 Å². The second-order valence-electron chi connectivity index (χ2n) is 5.82. The Morgan fingerprint density at radius 2 is 2.00 bits per heavy atom. The predicted octanol–water partition coefficient (Wildman–Crippen LogP) is 3.70. The van der Waals surface area contributed by atoms with Gasteiger partial charge in [-0.25, -0.2) is 4.98 Å². The molecule has 0 aliphatic rings. The van der Waals surface area contributed by atoms with Crippen LogP contribution in [0.3, 0.4) is 0 Å². The van der Waals surface area contributed by atoms with Crippen LogP contribution >= 0.6 is 0 Å². The number of hydrogen-bond donors (Lipinski definition) is 1. The molecule has 1 aromatic heterocycles. The largest absolute Gasteiger partial charge is 0.484 e. The minimum Gasteiger partial charge on any atom is -0.484 e. The van der Waals surface area contributed by atoms with E-state index in [0.29, 0.717) is 0 Å². The molecule has 1 heterocycles. The first-order chi connectivity index (χ1) is 9.52. The third-order valence-corrected chi connectivity index (χ3v) is 3.19. The Balaban J connectivity index is 2.22. The fourth-order valence-electron chi connectivity index (χ4n) is 2.20. The molecule has 1 aromatic carbocycles. The summed E-state index contributed by atoms with van der Waals surface area (Å²) in [5.41, 5.74) is 1.70. The highest BCUT2D eigenvalue weighted by Crippen LogP contribution is 2.27. The molecule has 0 saturated heterocycles. The molecule has 0 spiro atoms. The van der Waals surface area contributed by atoms with E-state index < -0.39 is 0 Å². The van der Waals surface area contributed by atoms with Gasteiger partial charge in [-0.05, 0) is 45.9 Å². The van der Waals surface area contributed by atoms with Gasteiger partial charge in [0.25, 0.3) is 0 Å². The number of hydrogen-bond acceptors (Lipinski definition) is 3. The van der Waals surface area contributed by atoms with Crippen LogP contribution in [0.25, 0.3) is 10.9 Å². The first-order valence-electron chi connectivity index (χ1n) is 7.28. The van der Waals surface area contributed by atoms with E-state index >= 15 is 0 Å². The summed E-state index contributed by atoms with van der Waals surface area (Å²) in [6.45, 7) is 10.2. The van der Waals surface area contributed by atoms with Crippen molar-refractivity contribution in [1.82, 2.24) is 10.3 Å². The van der Waals surface area contributed by atoms with Crippen molar-refractivity contribution in [2.45, 2.75) is 39.7 Å². The predicted molar refractivity (Wildman–Crippen MR) is 84.3 cm³/mol. The van der Waals surface area contributed by atoms with E-state index in [1.54, 1.807) is 0 Å². The summed E-state index contributed by atoms with van der Waals surface area (Å²) >= 11 is 0. The van der Waals surface area contributed by atoms with Crippen LogP contribution in [0.5, 0.6) is 5.75 Å². The highest BCUT2D eigenvalue weighted by molar-refractivity contribution is 5.84. The normalized spacial score (nSPS) is 11.8. The molecule has 0 aliphatic heterocycles. The zero-order valence-corrected chi connectivity index (χ0v) is 12.9. The van der Waals surface area contributed by atoms with E-state index in [4.69, 9.17) is 4.74 Å². The van der Waals surface area contributed by atoms with Gasteiger partial charge in [0.15, 0.2) is 0 Å². The first kappa shape index (κ1) is 14.8. The quantitative estimate of drug-likeness (QED) is 0.814. The minimum atomic E-state index is -0.255. The summed E-state index contributed by atoms with van der Waals surface area (Å²) < 4.78 is 6.19. The van der Waals surface area contributed by atoms with E-state index in [1.165, 1.54) is 0 Å². The van der Waals surface area contributed by atoms with Crippen LogP contribution in [-0.4, -0.2) is 23.7 Å². The van der Waals surface area contributed by atoms with Crippen LogP contribution < -0.4 is 10.1 Å². The first-order valence-corrected chi connectivity index (χ1v) is 7.28. The fraction of sp³-hybridized carbons (Fsp3) is 0.471. The van der Waals surface area contributed by atoms with Crippen LogP contribution in [0.15, 0.2) is 30.3 Å². The van der Waals surface area contributed by atoms with Gasteiger partial charge in [-0.3, -0.25) is 0 Å². The number of ether oxygens (including phenoxy) is 1. The van der Waals surface area contributed by atoms with Crippen molar-refractivity contribution in [2.75, 3.05) is 13.1 Å². The SMILES string of the molecule is CCCNCC(C)(C)Oc1cccc2ccc(C)nc12. The molecule has 0 radical (unpaired) electrons. The Labute approximate surface area is 121 Å². The molecule has 0 aliphatic carbocycles. The van der Waals surface area contributed by atoms with Gasteiger partial charge in [0.05, 0.1) is 0 Å². The van der Waals surface area contributed by atoms with Gasteiger partial charge in [-0.1, -0.05) is 25.1 Å². The molecule has 0 atom stereocenters. The zero-order valence-electron chi connectivity index (χ0n) is 12.9. The van der Waals surface area contributed by atoms with Crippen molar-refractivity contribution in [1.29, 1.82) is 0 Å². The Bertz CT molecular complexity index is 578. The Kier molecular flexibility index (Phi) is 4.61. The number of aromatic nitrogens is 1. The van der Waals surface area contributed by atoms with Gasteiger partial charge >= 0.3 is 0 Å². The molecule has 0 fully saturated rings. The molecule has 108 valence electrons. The van der Waals surface area contributed by atoms with E-state index in [2.05, 4.69) is 43.2 Å². The average molecular weight is 272 g/mol. The maximum atomic E-state index is 6.19. The maximum Gasteiger partial charge on any atom is 0.146 e. The van der Waals surface area contributed by atoms with Crippen molar-refractivity contribution in [3.63, 3.8) is 0 Å². The fourth-order valence-corrected chi connectivity index (χ4v) is 2.20. The third kappa shape index (κ3) is 3.70. The van der Waals surface area contributed by atoms with Crippen molar-refractivity contribution in [3.8, 4) is 5.75 Å². The number of rotatable bonds is 6. The summed E-state index contributed by atoms with van der Waals surface area (Å²) in [6.07, 6.45) is 1.13. The molecule has 0 amide bonds.